The van der Waals surface area contributed by atoms with Crippen molar-refractivity contribution in [1.29, 1.82) is 0 Å². The summed E-state index contributed by atoms with van der Waals surface area (Å²) in [7, 11) is 2.01. The lowest BCUT2D eigenvalue weighted by atomic mass is 10.1. The molecule has 0 spiro atoms. The molecule has 2 aromatic rings. The monoisotopic (exact) mass is 246 g/mol. The second-order valence-electron chi connectivity index (χ2n) is 4.31. The summed E-state index contributed by atoms with van der Waals surface area (Å²) in [5.41, 5.74) is 6.76. The molecule has 5 heteroatoms. The maximum atomic E-state index is 5.83. The largest absolute Gasteiger partial charge is 0.465 e. The Morgan fingerprint density at radius 2 is 2.22 bits per heavy atom. The van der Waals surface area contributed by atoms with Gasteiger partial charge in [0.2, 0.25) is 0 Å². The molecule has 0 aliphatic heterocycles. The fraction of sp³-hybridized carbons (Fsp3) is 0.385. The molecule has 2 heterocycles. The number of aryl methyl sites for hydroxylation is 1. The molecule has 2 N–H and O–H groups in total. The maximum absolute atomic E-state index is 5.83. The normalized spacial score (nSPS) is 12.9. The molecule has 0 aliphatic rings. The summed E-state index contributed by atoms with van der Waals surface area (Å²) < 4.78 is 5.57. The molecule has 1 atom stereocenters. The van der Waals surface area contributed by atoms with Gasteiger partial charge in [-0.1, -0.05) is 0 Å². The minimum atomic E-state index is 0.0680. The number of aromatic nitrogens is 2. The summed E-state index contributed by atoms with van der Waals surface area (Å²) in [5, 5.41) is 0. The maximum Gasteiger partial charge on any atom is 0.118 e. The zero-order valence-corrected chi connectivity index (χ0v) is 10.7. The molecule has 0 bridgehead atoms. The van der Waals surface area contributed by atoms with Crippen LogP contribution in [-0.4, -0.2) is 28.5 Å². The predicted molar refractivity (Wildman–Crippen MR) is 68.7 cm³/mol. The molecule has 0 radical (unpaired) electrons. The van der Waals surface area contributed by atoms with Gasteiger partial charge < -0.3 is 10.2 Å². The van der Waals surface area contributed by atoms with Gasteiger partial charge in [0, 0.05) is 12.7 Å². The third-order valence-corrected chi connectivity index (χ3v) is 2.90. The smallest absolute Gasteiger partial charge is 0.118 e. The van der Waals surface area contributed by atoms with Crippen LogP contribution in [0.25, 0.3) is 0 Å². The molecule has 18 heavy (non-hydrogen) atoms. The van der Waals surface area contributed by atoms with Gasteiger partial charge in [0.05, 0.1) is 18.3 Å². The highest BCUT2D eigenvalue weighted by Crippen LogP contribution is 2.18. The molecule has 0 aromatic carbocycles. The standard InChI is InChI=1S/C13H18N4O/c1-10-3-4-11(18-10)8-17(2)13(7-14)12-5-6-15-9-16-12/h3-6,9,13H,7-8,14H2,1-2H3. The van der Waals surface area contributed by atoms with E-state index < -0.39 is 0 Å². The topological polar surface area (TPSA) is 68.2 Å². The fourth-order valence-corrected chi connectivity index (χ4v) is 1.95. The van der Waals surface area contributed by atoms with Crippen molar-refractivity contribution in [3.8, 4) is 0 Å². The first-order valence-electron chi connectivity index (χ1n) is 5.92. The Hall–Kier alpha value is -1.72. The van der Waals surface area contributed by atoms with Crippen LogP contribution in [0.2, 0.25) is 0 Å². The number of furan rings is 1. The van der Waals surface area contributed by atoms with Crippen molar-refractivity contribution in [2.75, 3.05) is 13.6 Å². The Kier molecular flexibility index (Phi) is 4.07. The van der Waals surface area contributed by atoms with Gasteiger partial charge in [0.1, 0.15) is 17.8 Å². The van der Waals surface area contributed by atoms with Crippen molar-refractivity contribution < 1.29 is 4.42 Å². The number of hydrogen-bond donors (Lipinski definition) is 1. The summed E-state index contributed by atoms with van der Waals surface area (Å²) in [5.74, 6) is 1.85. The van der Waals surface area contributed by atoms with E-state index in [9.17, 15) is 0 Å². The van der Waals surface area contributed by atoms with Gasteiger partial charge in [0.15, 0.2) is 0 Å². The van der Waals surface area contributed by atoms with Crippen LogP contribution in [0.5, 0.6) is 0 Å². The molecule has 2 aromatic heterocycles. The Morgan fingerprint density at radius 3 is 2.78 bits per heavy atom. The van der Waals surface area contributed by atoms with Crippen molar-refractivity contribution in [1.82, 2.24) is 14.9 Å². The zero-order valence-electron chi connectivity index (χ0n) is 10.7. The van der Waals surface area contributed by atoms with Crippen LogP contribution in [0.3, 0.4) is 0 Å². The van der Waals surface area contributed by atoms with Gasteiger partial charge in [-0.05, 0) is 32.2 Å². The average Bonchev–Trinajstić information content (AvgIpc) is 2.77. The SMILES string of the molecule is Cc1ccc(CN(C)C(CN)c2ccncn2)o1. The number of nitrogens with zero attached hydrogens (tertiary/aromatic N) is 3. The number of hydrogen-bond acceptors (Lipinski definition) is 5. The Balaban J connectivity index is 2.08. The van der Waals surface area contributed by atoms with Crippen LogP contribution in [0, 0.1) is 6.92 Å². The first kappa shape index (κ1) is 12.7. The highest BCUT2D eigenvalue weighted by molar-refractivity contribution is 5.08. The second kappa shape index (κ2) is 5.75. The van der Waals surface area contributed by atoms with E-state index in [-0.39, 0.29) is 6.04 Å². The van der Waals surface area contributed by atoms with E-state index in [4.69, 9.17) is 10.2 Å². The van der Waals surface area contributed by atoms with Crippen LogP contribution in [-0.2, 0) is 6.54 Å². The highest BCUT2D eigenvalue weighted by atomic mass is 16.3. The van der Waals surface area contributed by atoms with Crippen LogP contribution < -0.4 is 5.73 Å². The van der Waals surface area contributed by atoms with Gasteiger partial charge in [-0.3, -0.25) is 4.90 Å². The first-order chi connectivity index (χ1) is 8.70. The first-order valence-corrected chi connectivity index (χ1v) is 5.92. The third-order valence-electron chi connectivity index (χ3n) is 2.90. The predicted octanol–water partition coefficient (Wildman–Crippen LogP) is 1.51. The molecule has 0 amide bonds. The summed E-state index contributed by atoms with van der Waals surface area (Å²) in [6.07, 6.45) is 3.28. The minimum Gasteiger partial charge on any atom is -0.465 e. The molecule has 0 saturated heterocycles. The van der Waals surface area contributed by atoms with Gasteiger partial charge in [-0.15, -0.1) is 0 Å². The Bertz CT molecular complexity index is 483. The third kappa shape index (κ3) is 2.94. The van der Waals surface area contributed by atoms with Crippen molar-refractivity contribution in [2.24, 2.45) is 5.73 Å². The molecular formula is C13H18N4O. The lowest BCUT2D eigenvalue weighted by Crippen LogP contribution is -2.30. The molecule has 0 aliphatic carbocycles. The zero-order chi connectivity index (χ0) is 13.0. The Morgan fingerprint density at radius 1 is 1.39 bits per heavy atom. The average molecular weight is 246 g/mol. The van der Waals surface area contributed by atoms with Crippen molar-refractivity contribution in [2.45, 2.75) is 19.5 Å². The molecule has 2 rings (SSSR count). The van der Waals surface area contributed by atoms with E-state index in [0.717, 1.165) is 17.2 Å². The van der Waals surface area contributed by atoms with Crippen LogP contribution >= 0.6 is 0 Å². The van der Waals surface area contributed by atoms with E-state index >= 15 is 0 Å². The van der Waals surface area contributed by atoms with Gasteiger partial charge in [0.25, 0.3) is 0 Å². The molecule has 0 fully saturated rings. The Labute approximate surface area is 107 Å². The molecule has 96 valence electrons. The summed E-state index contributed by atoms with van der Waals surface area (Å²) in [6, 6.07) is 5.91. The van der Waals surface area contributed by atoms with Crippen LogP contribution in [0.4, 0.5) is 0 Å². The van der Waals surface area contributed by atoms with E-state index in [1.165, 1.54) is 0 Å². The van der Waals surface area contributed by atoms with Crippen LogP contribution in [0.15, 0.2) is 35.1 Å². The quantitative estimate of drug-likeness (QED) is 0.866. The van der Waals surface area contributed by atoms with Crippen molar-refractivity contribution in [3.63, 3.8) is 0 Å². The van der Waals surface area contributed by atoms with Gasteiger partial charge in [-0.2, -0.15) is 0 Å². The van der Waals surface area contributed by atoms with Crippen molar-refractivity contribution >= 4 is 0 Å². The summed E-state index contributed by atoms with van der Waals surface area (Å²) in [6.45, 7) is 3.15. The van der Waals surface area contributed by atoms with E-state index in [0.29, 0.717) is 13.1 Å². The molecule has 0 saturated carbocycles. The minimum absolute atomic E-state index is 0.0680. The van der Waals surface area contributed by atoms with Crippen LogP contribution in [0.1, 0.15) is 23.3 Å². The number of likely N-dealkylation sites (N-methyl/N-ethyl adjacent to an activating group) is 1. The lowest BCUT2D eigenvalue weighted by molar-refractivity contribution is 0.218. The number of nitrogens with two attached hydrogens (primary N) is 1. The van der Waals surface area contributed by atoms with E-state index in [2.05, 4.69) is 14.9 Å². The van der Waals surface area contributed by atoms with Gasteiger partial charge in [-0.25, -0.2) is 9.97 Å². The molecular weight excluding hydrogens is 228 g/mol. The van der Waals surface area contributed by atoms with Crippen molar-refractivity contribution in [3.05, 3.63) is 47.9 Å². The highest BCUT2D eigenvalue weighted by Gasteiger charge is 2.17. The van der Waals surface area contributed by atoms with E-state index in [1.807, 2.05) is 32.2 Å². The molecule has 5 nitrogen and oxygen atoms in total. The van der Waals surface area contributed by atoms with Gasteiger partial charge >= 0.3 is 0 Å². The van der Waals surface area contributed by atoms with E-state index in [1.54, 1.807) is 12.5 Å². The second-order valence-corrected chi connectivity index (χ2v) is 4.31. The lowest BCUT2D eigenvalue weighted by Gasteiger charge is -2.25. The number of rotatable bonds is 5. The summed E-state index contributed by atoms with van der Waals surface area (Å²) >= 11 is 0. The fourth-order valence-electron chi connectivity index (χ4n) is 1.95. The molecule has 1 unspecified atom stereocenters. The summed E-state index contributed by atoms with van der Waals surface area (Å²) in [4.78, 5) is 10.3.